The molecule has 144 valence electrons. The number of amides is 2. The van der Waals surface area contributed by atoms with Crippen molar-refractivity contribution >= 4 is 35.2 Å². The van der Waals surface area contributed by atoms with E-state index in [1.54, 1.807) is 36.4 Å². The second-order valence-corrected chi connectivity index (χ2v) is 6.86. The van der Waals surface area contributed by atoms with Crippen LogP contribution in [0.2, 0.25) is 5.02 Å². The Kier molecular flexibility index (Phi) is 5.31. The first-order valence-electron chi connectivity index (χ1n) is 9.00. The fourth-order valence-electron chi connectivity index (χ4n) is 2.95. The summed E-state index contributed by atoms with van der Waals surface area (Å²) in [5.41, 5.74) is 4.83. The molecule has 0 bridgehead atoms. The number of nitrogens with one attached hydrogen (secondary N) is 1. The van der Waals surface area contributed by atoms with Crippen molar-refractivity contribution in [2.45, 2.75) is 6.61 Å². The molecule has 0 spiro atoms. The van der Waals surface area contributed by atoms with E-state index in [9.17, 15) is 9.59 Å². The number of ether oxygens (including phenoxy) is 1. The minimum Gasteiger partial charge on any atom is -0.488 e. The SMILES string of the molecule is O=C1NN(c2ccc(Cl)cc2)C(=O)C1=Cc1ccccc1OCc1ccccc1. The van der Waals surface area contributed by atoms with Crippen LogP contribution in [-0.2, 0) is 16.2 Å². The monoisotopic (exact) mass is 404 g/mol. The Morgan fingerprint density at radius 3 is 2.34 bits per heavy atom. The molecule has 1 aliphatic heterocycles. The molecule has 6 heteroatoms. The first-order chi connectivity index (χ1) is 14.1. The number of benzene rings is 3. The Morgan fingerprint density at radius 1 is 0.897 bits per heavy atom. The molecule has 3 aromatic rings. The molecule has 1 fully saturated rings. The minimum atomic E-state index is -0.470. The van der Waals surface area contributed by atoms with Crippen LogP contribution in [-0.4, -0.2) is 11.8 Å². The molecule has 0 aliphatic carbocycles. The van der Waals surface area contributed by atoms with Gasteiger partial charge >= 0.3 is 0 Å². The van der Waals surface area contributed by atoms with E-state index in [0.29, 0.717) is 28.6 Å². The van der Waals surface area contributed by atoms with Crippen LogP contribution in [0.3, 0.4) is 0 Å². The van der Waals surface area contributed by atoms with Crippen LogP contribution in [0.4, 0.5) is 5.69 Å². The van der Waals surface area contributed by atoms with Gasteiger partial charge in [-0.15, -0.1) is 0 Å². The van der Waals surface area contributed by atoms with Gasteiger partial charge < -0.3 is 4.74 Å². The third kappa shape index (κ3) is 4.15. The van der Waals surface area contributed by atoms with Gasteiger partial charge in [-0.05, 0) is 42.0 Å². The summed E-state index contributed by atoms with van der Waals surface area (Å²) in [6.45, 7) is 0.387. The second kappa shape index (κ2) is 8.20. The molecule has 2 amide bonds. The highest BCUT2D eigenvalue weighted by Crippen LogP contribution is 2.26. The van der Waals surface area contributed by atoms with Crippen molar-refractivity contribution in [2.24, 2.45) is 0 Å². The molecule has 29 heavy (non-hydrogen) atoms. The van der Waals surface area contributed by atoms with E-state index < -0.39 is 11.8 Å². The van der Waals surface area contributed by atoms with E-state index in [-0.39, 0.29) is 5.57 Å². The summed E-state index contributed by atoms with van der Waals surface area (Å²) in [6.07, 6.45) is 1.55. The molecule has 0 atom stereocenters. The van der Waals surface area contributed by atoms with Crippen LogP contribution < -0.4 is 15.2 Å². The molecule has 1 heterocycles. The van der Waals surface area contributed by atoms with Crippen LogP contribution in [0.5, 0.6) is 5.75 Å². The van der Waals surface area contributed by atoms with Crippen molar-refractivity contribution in [3.05, 3.63) is 101 Å². The van der Waals surface area contributed by atoms with Gasteiger partial charge in [0.2, 0.25) is 0 Å². The molecule has 3 aromatic carbocycles. The van der Waals surface area contributed by atoms with Crippen molar-refractivity contribution in [3.63, 3.8) is 0 Å². The molecule has 4 rings (SSSR count). The third-order valence-electron chi connectivity index (χ3n) is 4.43. The van der Waals surface area contributed by atoms with E-state index in [2.05, 4.69) is 5.43 Å². The summed E-state index contributed by atoms with van der Waals surface area (Å²) in [4.78, 5) is 25.2. The van der Waals surface area contributed by atoms with E-state index >= 15 is 0 Å². The second-order valence-electron chi connectivity index (χ2n) is 6.43. The van der Waals surface area contributed by atoms with Gasteiger partial charge in [0.1, 0.15) is 17.9 Å². The van der Waals surface area contributed by atoms with Crippen molar-refractivity contribution < 1.29 is 14.3 Å². The first kappa shape index (κ1) is 18.8. The largest absolute Gasteiger partial charge is 0.488 e. The molecule has 5 nitrogen and oxygen atoms in total. The van der Waals surface area contributed by atoms with E-state index in [4.69, 9.17) is 16.3 Å². The van der Waals surface area contributed by atoms with Gasteiger partial charge in [-0.2, -0.15) is 0 Å². The molecule has 1 saturated heterocycles. The Balaban J connectivity index is 1.58. The molecule has 0 unspecified atom stereocenters. The van der Waals surface area contributed by atoms with Crippen LogP contribution >= 0.6 is 11.6 Å². The lowest BCUT2D eigenvalue weighted by atomic mass is 10.1. The number of carbonyl (C=O) groups is 2. The predicted molar refractivity (Wildman–Crippen MR) is 112 cm³/mol. The number of hydrazine groups is 1. The van der Waals surface area contributed by atoms with Gasteiger partial charge in [-0.3, -0.25) is 15.0 Å². The molecule has 1 aliphatic rings. The normalized spacial score (nSPS) is 14.9. The van der Waals surface area contributed by atoms with Gasteiger partial charge in [-0.1, -0.05) is 60.1 Å². The van der Waals surface area contributed by atoms with Gasteiger partial charge in [0.25, 0.3) is 11.8 Å². The summed E-state index contributed by atoms with van der Waals surface area (Å²) in [6, 6.07) is 23.7. The van der Waals surface area contributed by atoms with Crippen LogP contribution in [0.15, 0.2) is 84.4 Å². The lowest BCUT2D eigenvalue weighted by Gasteiger charge is -2.14. The Hall–Kier alpha value is -3.57. The Bertz CT molecular complexity index is 1080. The molecular weight excluding hydrogens is 388 g/mol. The van der Waals surface area contributed by atoms with Gasteiger partial charge in [0, 0.05) is 10.6 Å². The topological polar surface area (TPSA) is 58.6 Å². The molecule has 0 radical (unpaired) electrons. The molecule has 1 N–H and O–H groups in total. The number of carbonyl (C=O) groups excluding carboxylic acids is 2. The molecular formula is C23H17ClN2O3. The molecule has 0 saturated carbocycles. The van der Waals surface area contributed by atoms with Gasteiger partial charge in [0.05, 0.1) is 5.69 Å². The number of anilines is 1. The number of nitrogens with zero attached hydrogens (tertiary/aromatic N) is 1. The minimum absolute atomic E-state index is 0.0377. The zero-order chi connectivity index (χ0) is 20.2. The fourth-order valence-corrected chi connectivity index (χ4v) is 3.08. The maximum atomic E-state index is 12.8. The highest BCUT2D eigenvalue weighted by molar-refractivity contribution is 6.32. The average molecular weight is 405 g/mol. The van der Waals surface area contributed by atoms with Crippen molar-refractivity contribution in [2.75, 3.05) is 5.01 Å². The Labute approximate surface area is 173 Å². The van der Waals surface area contributed by atoms with Crippen LogP contribution in [0.1, 0.15) is 11.1 Å². The van der Waals surface area contributed by atoms with Crippen molar-refractivity contribution in [1.82, 2.24) is 5.43 Å². The standard InChI is InChI=1S/C23H17ClN2O3/c24-18-10-12-19(13-11-18)26-23(28)20(22(27)25-26)14-17-8-4-5-9-21(17)29-15-16-6-2-1-3-7-16/h1-14H,15H2,(H,25,27). The maximum Gasteiger partial charge on any atom is 0.282 e. The number of para-hydroxylation sites is 1. The summed E-state index contributed by atoms with van der Waals surface area (Å²) in [5, 5.41) is 1.75. The fraction of sp³-hybridized carbons (Fsp3) is 0.0435. The Morgan fingerprint density at radius 2 is 1.59 bits per heavy atom. The number of rotatable bonds is 5. The summed E-state index contributed by atoms with van der Waals surface area (Å²) in [7, 11) is 0. The van der Waals surface area contributed by atoms with Gasteiger partial charge in [0.15, 0.2) is 0 Å². The van der Waals surface area contributed by atoms with Crippen molar-refractivity contribution in [1.29, 1.82) is 0 Å². The van der Waals surface area contributed by atoms with E-state index in [0.717, 1.165) is 5.56 Å². The van der Waals surface area contributed by atoms with Crippen molar-refractivity contribution in [3.8, 4) is 5.75 Å². The smallest absolute Gasteiger partial charge is 0.282 e. The highest BCUT2D eigenvalue weighted by atomic mass is 35.5. The number of hydrogen-bond acceptors (Lipinski definition) is 3. The lowest BCUT2D eigenvalue weighted by Crippen LogP contribution is -2.35. The third-order valence-corrected chi connectivity index (χ3v) is 4.68. The predicted octanol–water partition coefficient (Wildman–Crippen LogP) is 4.38. The van der Waals surface area contributed by atoms with Crippen LogP contribution in [0, 0.1) is 0 Å². The van der Waals surface area contributed by atoms with E-state index in [1.165, 1.54) is 5.01 Å². The summed E-state index contributed by atoms with van der Waals surface area (Å²) >= 11 is 5.89. The lowest BCUT2D eigenvalue weighted by molar-refractivity contribution is -0.117. The average Bonchev–Trinajstić information content (AvgIpc) is 3.03. The van der Waals surface area contributed by atoms with E-state index in [1.807, 2.05) is 48.5 Å². The van der Waals surface area contributed by atoms with Crippen LogP contribution in [0.25, 0.3) is 6.08 Å². The van der Waals surface area contributed by atoms with Gasteiger partial charge in [-0.25, -0.2) is 5.01 Å². The number of hydrogen-bond donors (Lipinski definition) is 1. The zero-order valence-corrected chi connectivity index (χ0v) is 16.1. The maximum absolute atomic E-state index is 12.8. The molecule has 0 aromatic heterocycles. The highest BCUT2D eigenvalue weighted by Gasteiger charge is 2.34. The zero-order valence-electron chi connectivity index (χ0n) is 15.3. The number of halogens is 1. The summed E-state index contributed by atoms with van der Waals surface area (Å²) in [5.74, 6) is -0.313. The first-order valence-corrected chi connectivity index (χ1v) is 9.38. The quantitative estimate of drug-likeness (QED) is 0.507. The summed E-state index contributed by atoms with van der Waals surface area (Å²) < 4.78 is 5.91.